The Hall–Kier alpha value is -0.650. The summed E-state index contributed by atoms with van der Waals surface area (Å²) in [6.45, 7) is 18.5. The molecule has 0 saturated carbocycles. The average Bonchev–Trinajstić information content (AvgIpc) is 2.42. The molecule has 1 amide bonds. The number of nitrogens with zero attached hydrogens (tertiary/aromatic N) is 2. The van der Waals surface area contributed by atoms with Crippen molar-refractivity contribution in [3.63, 3.8) is 0 Å². The number of rotatable bonds is 8. The van der Waals surface area contributed by atoms with Gasteiger partial charge in [0.2, 0.25) is 6.41 Å². The number of nitrogens with one attached hydrogen (secondary N) is 1. The molecule has 0 aliphatic carbocycles. The third kappa shape index (κ3) is 12.8. The summed E-state index contributed by atoms with van der Waals surface area (Å²) in [5.41, 5.74) is 0. The smallest absolute Gasteiger partial charge is 0.207 e. The van der Waals surface area contributed by atoms with E-state index in [9.17, 15) is 4.79 Å². The molecular formula is C16H35N3O2. The molecule has 0 atom stereocenters. The highest BCUT2D eigenvalue weighted by Gasteiger charge is 2.17. The summed E-state index contributed by atoms with van der Waals surface area (Å²) in [6, 6.07) is 0.655. The van der Waals surface area contributed by atoms with Crippen LogP contribution in [0.4, 0.5) is 0 Å². The largest absolute Gasteiger partial charge is 0.378 e. The van der Waals surface area contributed by atoms with Crippen molar-refractivity contribution in [2.24, 2.45) is 5.92 Å². The highest BCUT2D eigenvalue weighted by atomic mass is 16.5. The van der Waals surface area contributed by atoms with Crippen LogP contribution in [0.1, 0.15) is 34.6 Å². The normalized spacial score (nSPS) is 16.7. The lowest BCUT2D eigenvalue weighted by molar-refractivity contribution is -0.109. The van der Waals surface area contributed by atoms with Gasteiger partial charge in [0.15, 0.2) is 0 Å². The first kappa shape index (κ1) is 20.3. The van der Waals surface area contributed by atoms with Gasteiger partial charge in [-0.15, -0.1) is 0 Å². The van der Waals surface area contributed by atoms with Gasteiger partial charge < -0.3 is 10.1 Å². The molecule has 0 aromatic carbocycles. The number of carbonyl (C=O) groups is 1. The number of ether oxygens (including phenoxy) is 1. The average molecular weight is 301 g/mol. The Balaban J connectivity index is 0.000000885. The standard InChI is InChI=1S/C12H25N3O2.C4H10/c1-12(2)15-6-4-14(5-7-15)8-10-17-9-3-13-11-16;1-4(2)3/h11-12H,3-10H2,1-2H3,(H,13,16);4H,1-3H3. The lowest BCUT2D eigenvalue weighted by Gasteiger charge is -2.36. The fraction of sp³-hybridized carbons (Fsp3) is 0.938. The van der Waals surface area contributed by atoms with E-state index in [4.69, 9.17) is 4.74 Å². The molecule has 21 heavy (non-hydrogen) atoms. The molecular weight excluding hydrogens is 266 g/mol. The van der Waals surface area contributed by atoms with Gasteiger partial charge in [-0.3, -0.25) is 14.6 Å². The third-order valence-corrected chi connectivity index (χ3v) is 3.16. The van der Waals surface area contributed by atoms with Crippen LogP contribution in [0, 0.1) is 5.92 Å². The van der Waals surface area contributed by atoms with Gasteiger partial charge in [-0.2, -0.15) is 0 Å². The Morgan fingerprint density at radius 2 is 1.62 bits per heavy atom. The minimum atomic E-state index is 0.602. The lowest BCUT2D eigenvalue weighted by Crippen LogP contribution is -2.49. The molecule has 1 heterocycles. The Bertz CT molecular complexity index is 237. The minimum Gasteiger partial charge on any atom is -0.378 e. The highest BCUT2D eigenvalue weighted by Crippen LogP contribution is 2.05. The molecule has 0 spiro atoms. The fourth-order valence-corrected chi connectivity index (χ4v) is 1.99. The van der Waals surface area contributed by atoms with Gasteiger partial charge in [-0.25, -0.2) is 0 Å². The maximum Gasteiger partial charge on any atom is 0.207 e. The molecule has 1 fully saturated rings. The molecule has 0 unspecified atom stereocenters. The summed E-state index contributed by atoms with van der Waals surface area (Å²) >= 11 is 0. The summed E-state index contributed by atoms with van der Waals surface area (Å²) < 4.78 is 5.44. The molecule has 1 saturated heterocycles. The predicted molar refractivity (Wildman–Crippen MR) is 88.5 cm³/mol. The second-order valence-electron chi connectivity index (χ2n) is 6.39. The molecule has 0 bridgehead atoms. The summed E-state index contributed by atoms with van der Waals surface area (Å²) in [6.07, 6.45) is 0.703. The van der Waals surface area contributed by atoms with Crippen LogP contribution in [-0.4, -0.2) is 74.7 Å². The molecule has 5 heteroatoms. The maximum atomic E-state index is 9.99. The molecule has 0 aromatic rings. The predicted octanol–water partition coefficient (Wildman–Crippen LogP) is 1.44. The molecule has 1 aliphatic rings. The molecule has 1 N–H and O–H groups in total. The van der Waals surface area contributed by atoms with Crippen LogP contribution in [0.15, 0.2) is 0 Å². The molecule has 5 nitrogen and oxygen atoms in total. The van der Waals surface area contributed by atoms with Crippen molar-refractivity contribution in [1.29, 1.82) is 0 Å². The van der Waals surface area contributed by atoms with Crippen LogP contribution in [0.3, 0.4) is 0 Å². The van der Waals surface area contributed by atoms with Gasteiger partial charge in [0, 0.05) is 45.3 Å². The lowest BCUT2D eigenvalue weighted by atomic mass is 10.2. The van der Waals surface area contributed by atoms with E-state index in [0.717, 1.165) is 45.2 Å². The number of hydrogen-bond acceptors (Lipinski definition) is 4. The summed E-state index contributed by atoms with van der Waals surface area (Å²) in [4.78, 5) is 14.9. The maximum absolute atomic E-state index is 9.99. The Morgan fingerprint density at radius 1 is 1.05 bits per heavy atom. The van der Waals surface area contributed by atoms with Crippen LogP contribution in [0.2, 0.25) is 0 Å². The van der Waals surface area contributed by atoms with E-state index in [0.29, 0.717) is 25.6 Å². The van der Waals surface area contributed by atoms with E-state index in [1.54, 1.807) is 0 Å². The summed E-state index contributed by atoms with van der Waals surface area (Å²) in [5, 5.41) is 2.58. The van der Waals surface area contributed by atoms with E-state index in [2.05, 4.69) is 49.7 Å². The first-order valence-electron chi connectivity index (χ1n) is 8.18. The van der Waals surface area contributed by atoms with Crippen molar-refractivity contribution in [2.75, 3.05) is 52.5 Å². The number of carbonyl (C=O) groups excluding carboxylic acids is 1. The number of hydrogen-bond donors (Lipinski definition) is 1. The van der Waals surface area contributed by atoms with Gasteiger partial charge in [0.05, 0.1) is 13.2 Å². The van der Waals surface area contributed by atoms with E-state index < -0.39 is 0 Å². The zero-order valence-corrected chi connectivity index (χ0v) is 14.6. The number of piperazine rings is 1. The van der Waals surface area contributed by atoms with E-state index in [1.165, 1.54) is 0 Å². The van der Waals surface area contributed by atoms with Crippen molar-refractivity contribution >= 4 is 6.41 Å². The summed E-state index contributed by atoms with van der Waals surface area (Å²) in [7, 11) is 0. The van der Waals surface area contributed by atoms with Crippen molar-refractivity contribution in [3.05, 3.63) is 0 Å². The zero-order valence-electron chi connectivity index (χ0n) is 14.6. The van der Waals surface area contributed by atoms with Crippen LogP contribution >= 0.6 is 0 Å². The van der Waals surface area contributed by atoms with Gasteiger partial charge in [0.25, 0.3) is 0 Å². The fourth-order valence-electron chi connectivity index (χ4n) is 1.99. The SMILES string of the molecule is CC(C)C.CC(C)N1CCN(CCOCCNC=O)CC1. The third-order valence-electron chi connectivity index (χ3n) is 3.16. The van der Waals surface area contributed by atoms with Crippen molar-refractivity contribution in [2.45, 2.75) is 40.7 Å². The second-order valence-corrected chi connectivity index (χ2v) is 6.39. The molecule has 126 valence electrons. The van der Waals surface area contributed by atoms with E-state index in [-0.39, 0.29) is 0 Å². The Labute approximate surface area is 131 Å². The first-order chi connectivity index (χ1) is 9.97. The molecule has 0 aromatic heterocycles. The van der Waals surface area contributed by atoms with Crippen LogP contribution < -0.4 is 5.32 Å². The second kappa shape index (κ2) is 13.0. The molecule has 1 aliphatic heterocycles. The number of amides is 1. The van der Waals surface area contributed by atoms with Crippen molar-refractivity contribution < 1.29 is 9.53 Å². The van der Waals surface area contributed by atoms with Gasteiger partial charge in [-0.05, 0) is 19.8 Å². The van der Waals surface area contributed by atoms with Gasteiger partial charge >= 0.3 is 0 Å². The monoisotopic (exact) mass is 301 g/mol. The Kier molecular flexibility index (Phi) is 12.6. The van der Waals surface area contributed by atoms with Crippen LogP contribution in [0.5, 0.6) is 0 Å². The molecule has 0 radical (unpaired) electrons. The van der Waals surface area contributed by atoms with Crippen LogP contribution in [-0.2, 0) is 9.53 Å². The highest BCUT2D eigenvalue weighted by molar-refractivity contribution is 5.45. The van der Waals surface area contributed by atoms with Gasteiger partial charge in [-0.1, -0.05) is 20.8 Å². The van der Waals surface area contributed by atoms with Gasteiger partial charge in [0.1, 0.15) is 0 Å². The Morgan fingerprint density at radius 3 is 2.10 bits per heavy atom. The van der Waals surface area contributed by atoms with Crippen molar-refractivity contribution in [3.8, 4) is 0 Å². The van der Waals surface area contributed by atoms with Crippen molar-refractivity contribution in [1.82, 2.24) is 15.1 Å². The molecule has 1 rings (SSSR count). The minimum absolute atomic E-state index is 0.602. The first-order valence-corrected chi connectivity index (χ1v) is 8.18. The van der Waals surface area contributed by atoms with E-state index in [1.807, 2.05) is 0 Å². The topological polar surface area (TPSA) is 44.8 Å². The summed E-state index contributed by atoms with van der Waals surface area (Å²) in [5.74, 6) is 0.833. The van der Waals surface area contributed by atoms with E-state index >= 15 is 0 Å². The quantitative estimate of drug-likeness (QED) is 0.544. The van der Waals surface area contributed by atoms with Crippen LogP contribution in [0.25, 0.3) is 0 Å². The zero-order chi connectivity index (χ0) is 16.1.